The molecule has 1 aromatic rings. The predicted molar refractivity (Wildman–Crippen MR) is 66.7 cm³/mol. The highest BCUT2D eigenvalue weighted by Gasteiger charge is 2.34. The molecule has 17 heavy (non-hydrogen) atoms. The van der Waals surface area contributed by atoms with Crippen molar-refractivity contribution in [3.63, 3.8) is 0 Å². The van der Waals surface area contributed by atoms with Crippen molar-refractivity contribution < 1.29 is 4.79 Å². The van der Waals surface area contributed by atoms with Crippen molar-refractivity contribution in [3.05, 3.63) is 35.9 Å². The lowest BCUT2D eigenvalue weighted by Gasteiger charge is -2.23. The van der Waals surface area contributed by atoms with Gasteiger partial charge in [0, 0.05) is 12.5 Å². The van der Waals surface area contributed by atoms with Crippen molar-refractivity contribution in [2.45, 2.75) is 25.7 Å². The molecule has 3 rings (SSSR count). The Morgan fingerprint density at radius 3 is 2.71 bits per heavy atom. The first-order chi connectivity index (χ1) is 8.34. The second-order valence-electron chi connectivity index (χ2n) is 4.75. The van der Waals surface area contributed by atoms with Gasteiger partial charge in [0.25, 0.3) is 0 Å². The van der Waals surface area contributed by atoms with E-state index in [0.717, 1.165) is 43.5 Å². The van der Waals surface area contributed by atoms with Crippen LogP contribution >= 0.6 is 0 Å². The van der Waals surface area contributed by atoms with Crippen LogP contribution in [-0.2, 0) is 4.79 Å². The molecule has 1 fully saturated rings. The van der Waals surface area contributed by atoms with Crippen molar-refractivity contribution >= 4 is 11.6 Å². The minimum absolute atomic E-state index is 0.220. The zero-order valence-corrected chi connectivity index (χ0v) is 9.80. The highest BCUT2D eigenvalue weighted by molar-refractivity contribution is 6.01. The van der Waals surface area contributed by atoms with Crippen LogP contribution < -0.4 is 0 Å². The van der Waals surface area contributed by atoms with E-state index in [1.165, 1.54) is 0 Å². The van der Waals surface area contributed by atoms with Gasteiger partial charge in [0.15, 0.2) is 0 Å². The molecule has 1 saturated carbocycles. The van der Waals surface area contributed by atoms with Gasteiger partial charge >= 0.3 is 0 Å². The first-order valence-corrected chi connectivity index (χ1v) is 6.29. The Balaban J connectivity index is 1.82. The topological polar surface area (TPSA) is 32.7 Å². The zero-order chi connectivity index (χ0) is 11.7. The molecule has 0 N–H and O–H groups in total. The van der Waals surface area contributed by atoms with Gasteiger partial charge < -0.3 is 0 Å². The van der Waals surface area contributed by atoms with E-state index in [0.29, 0.717) is 0 Å². The van der Waals surface area contributed by atoms with Crippen molar-refractivity contribution in [3.8, 4) is 0 Å². The highest BCUT2D eigenvalue weighted by Crippen LogP contribution is 2.32. The van der Waals surface area contributed by atoms with Crippen molar-refractivity contribution in [1.82, 2.24) is 5.01 Å². The van der Waals surface area contributed by atoms with Crippen LogP contribution in [-0.4, -0.2) is 23.2 Å². The fourth-order valence-corrected chi connectivity index (χ4v) is 2.18. The van der Waals surface area contributed by atoms with Crippen molar-refractivity contribution in [2.75, 3.05) is 6.54 Å². The van der Waals surface area contributed by atoms with Gasteiger partial charge in [0.2, 0.25) is 5.91 Å². The zero-order valence-electron chi connectivity index (χ0n) is 9.80. The number of hydrogen-bond acceptors (Lipinski definition) is 2. The van der Waals surface area contributed by atoms with E-state index < -0.39 is 0 Å². The van der Waals surface area contributed by atoms with Crippen LogP contribution in [0.25, 0.3) is 0 Å². The number of nitrogens with zero attached hydrogens (tertiary/aromatic N) is 2. The Kier molecular flexibility index (Phi) is 2.67. The normalized spacial score (nSPS) is 20.0. The van der Waals surface area contributed by atoms with Crippen LogP contribution in [0.4, 0.5) is 0 Å². The number of carbonyl (C=O) groups is 1. The second kappa shape index (κ2) is 4.32. The molecule has 88 valence electrons. The van der Waals surface area contributed by atoms with Crippen LogP contribution in [0.5, 0.6) is 0 Å². The number of hydrazone groups is 1. The van der Waals surface area contributed by atoms with Gasteiger partial charge in [-0.3, -0.25) is 4.79 Å². The maximum atomic E-state index is 12.0. The predicted octanol–water partition coefficient (Wildman–Crippen LogP) is 2.42. The van der Waals surface area contributed by atoms with Crippen LogP contribution in [0.15, 0.2) is 35.4 Å². The smallest absolute Gasteiger partial charge is 0.245 e. The molecule has 0 saturated heterocycles. The maximum Gasteiger partial charge on any atom is 0.245 e. The summed E-state index contributed by atoms with van der Waals surface area (Å²) >= 11 is 0. The van der Waals surface area contributed by atoms with Gasteiger partial charge in [-0.25, -0.2) is 5.01 Å². The summed E-state index contributed by atoms with van der Waals surface area (Å²) < 4.78 is 0. The molecule has 2 aliphatic rings. The first-order valence-electron chi connectivity index (χ1n) is 6.29. The summed E-state index contributed by atoms with van der Waals surface area (Å²) in [6.07, 6.45) is 4.09. The SMILES string of the molecule is O=C(C1CC1)N1CCCC(c2ccccc2)=N1. The lowest BCUT2D eigenvalue weighted by atomic mass is 10.0. The number of amides is 1. The number of rotatable bonds is 2. The van der Waals surface area contributed by atoms with Crippen LogP contribution in [0.1, 0.15) is 31.2 Å². The molecule has 0 aromatic heterocycles. The largest absolute Gasteiger partial charge is 0.273 e. The molecule has 3 nitrogen and oxygen atoms in total. The first kappa shape index (κ1) is 10.5. The third kappa shape index (κ3) is 2.23. The average molecular weight is 228 g/mol. The lowest BCUT2D eigenvalue weighted by Crippen LogP contribution is -2.33. The summed E-state index contributed by atoms with van der Waals surface area (Å²) in [5, 5.41) is 6.20. The van der Waals surface area contributed by atoms with Gasteiger partial charge in [-0.1, -0.05) is 30.3 Å². The molecular formula is C14H16N2O. The van der Waals surface area contributed by atoms with E-state index in [-0.39, 0.29) is 11.8 Å². The summed E-state index contributed by atoms with van der Waals surface area (Å²) in [5.74, 6) is 0.479. The Hall–Kier alpha value is -1.64. The van der Waals surface area contributed by atoms with Crippen molar-refractivity contribution in [1.29, 1.82) is 0 Å². The molecular weight excluding hydrogens is 212 g/mol. The van der Waals surface area contributed by atoms with Gasteiger partial charge in [-0.05, 0) is 31.2 Å². The average Bonchev–Trinajstić information content (AvgIpc) is 3.23. The standard InChI is InChI=1S/C14H16N2O/c17-14(12-8-9-12)16-10-4-7-13(15-16)11-5-2-1-3-6-11/h1-3,5-6,12H,4,7-10H2. The Labute approximate surface area is 101 Å². The lowest BCUT2D eigenvalue weighted by molar-refractivity contribution is -0.132. The summed E-state index contributed by atoms with van der Waals surface area (Å²) in [6, 6.07) is 10.1. The molecule has 1 aliphatic carbocycles. The fourth-order valence-electron chi connectivity index (χ4n) is 2.18. The van der Waals surface area contributed by atoms with Gasteiger partial charge in [0.1, 0.15) is 0 Å². The van der Waals surface area contributed by atoms with Gasteiger partial charge in [-0.15, -0.1) is 0 Å². The number of benzene rings is 1. The Morgan fingerprint density at radius 1 is 1.24 bits per heavy atom. The van der Waals surface area contributed by atoms with Crippen LogP contribution in [0.2, 0.25) is 0 Å². The molecule has 1 aromatic carbocycles. The van der Waals surface area contributed by atoms with E-state index in [2.05, 4.69) is 17.2 Å². The summed E-state index contributed by atoms with van der Waals surface area (Å²) in [6.45, 7) is 0.783. The van der Waals surface area contributed by atoms with Gasteiger partial charge in [-0.2, -0.15) is 5.10 Å². The summed E-state index contributed by atoms with van der Waals surface area (Å²) in [4.78, 5) is 12.0. The van der Waals surface area contributed by atoms with E-state index in [9.17, 15) is 4.79 Å². The summed E-state index contributed by atoms with van der Waals surface area (Å²) in [5.41, 5.74) is 2.19. The van der Waals surface area contributed by atoms with Crippen LogP contribution in [0.3, 0.4) is 0 Å². The van der Waals surface area contributed by atoms with E-state index in [1.807, 2.05) is 18.2 Å². The highest BCUT2D eigenvalue weighted by atomic mass is 16.2. The van der Waals surface area contributed by atoms with Gasteiger partial charge in [0.05, 0.1) is 5.71 Å². The van der Waals surface area contributed by atoms with E-state index in [4.69, 9.17) is 0 Å². The second-order valence-corrected chi connectivity index (χ2v) is 4.75. The molecule has 3 heteroatoms. The number of hydrogen-bond donors (Lipinski definition) is 0. The number of carbonyl (C=O) groups excluding carboxylic acids is 1. The third-order valence-corrected chi connectivity index (χ3v) is 3.31. The minimum Gasteiger partial charge on any atom is -0.273 e. The fraction of sp³-hybridized carbons (Fsp3) is 0.429. The van der Waals surface area contributed by atoms with Crippen molar-refractivity contribution in [2.24, 2.45) is 11.0 Å². The summed E-state index contributed by atoms with van der Waals surface area (Å²) in [7, 11) is 0. The maximum absolute atomic E-state index is 12.0. The Morgan fingerprint density at radius 2 is 2.00 bits per heavy atom. The molecule has 0 unspecified atom stereocenters. The van der Waals surface area contributed by atoms with E-state index >= 15 is 0 Å². The molecule has 1 amide bonds. The Bertz CT molecular complexity index is 449. The third-order valence-electron chi connectivity index (χ3n) is 3.31. The van der Waals surface area contributed by atoms with E-state index in [1.54, 1.807) is 5.01 Å². The molecule has 0 bridgehead atoms. The molecule has 0 spiro atoms. The molecule has 0 atom stereocenters. The molecule has 0 radical (unpaired) electrons. The molecule has 1 heterocycles. The molecule has 1 aliphatic heterocycles. The quantitative estimate of drug-likeness (QED) is 0.765. The van der Waals surface area contributed by atoms with Crippen LogP contribution in [0, 0.1) is 5.92 Å². The minimum atomic E-state index is 0.220. The monoisotopic (exact) mass is 228 g/mol.